The van der Waals surface area contributed by atoms with Gasteiger partial charge in [-0.3, -0.25) is 14.7 Å². The number of carbonyl (C=O) groups is 2. The lowest BCUT2D eigenvalue weighted by atomic mass is 10.2. The van der Waals surface area contributed by atoms with E-state index in [0.717, 1.165) is 10.9 Å². The molecule has 0 saturated heterocycles. The van der Waals surface area contributed by atoms with Crippen molar-refractivity contribution in [1.29, 1.82) is 0 Å². The zero-order valence-electron chi connectivity index (χ0n) is 14.3. The second-order valence-corrected chi connectivity index (χ2v) is 6.47. The maximum Gasteiger partial charge on any atom is 0.275 e. The standard InChI is InChI=1S/C12H8ClN5O.C5H2Cl2N2O/c13-11-6-14-10(5-15-11)12(19)17-8-1-2-9-7(3-8)4-16-18-9;6-4-2-8-3(1-9-4)5(7)10/h1-6H,(H,16,18)(H,17,19);1-2H. The SMILES string of the molecule is O=C(Cl)c1cnc(Cl)cn1.O=C(Nc1ccc2[nH]ncc2c1)c1cnc(Cl)cn1. The molecule has 0 bridgehead atoms. The molecule has 12 heteroatoms. The van der Waals surface area contributed by atoms with Crippen LogP contribution in [0.25, 0.3) is 10.9 Å². The van der Waals surface area contributed by atoms with Crippen molar-refractivity contribution in [3.8, 4) is 0 Å². The maximum absolute atomic E-state index is 11.9. The van der Waals surface area contributed by atoms with Crippen molar-refractivity contribution in [2.24, 2.45) is 0 Å². The highest BCUT2D eigenvalue weighted by Crippen LogP contribution is 2.17. The van der Waals surface area contributed by atoms with Gasteiger partial charge in [-0.15, -0.1) is 0 Å². The van der Waals surface area contributed by atoms with E-state index >= 15 is 0 Å². The highest BCUT2D eigenvalue weighted by atomic mass is 35.5. The van der Waals surface area contributed by atoms with E-state index in [1.165, 1.54) is 24.8 Å². The van der Waals surface area contributed by atoms with Crippen molar-refractivity contribution in [1.82, 2.24) is 30.1 Å². The number of amides is 1. The van der Waals surface area contributed by atoms with Crippen LogP contribution in [0.2, 0.25) is 10.3 Å². The van der Waals surface area contributed by atoms with Gasteiger partial charge in [0.1, 0.15) is 21.7 Å². The third-order valence-electron chi connectivity index (χ3n) is 3.37. The quantitative estimate of drug-likeness (QED) is 0.455. The Bertz CT molecular complexity index is 1150. The number of aromatic nitrogens is 6. The molecule has 3 heterocycles. The third kappa shape index (κ3) is 5.67. The highest BCUT2D eigenvalue weighted by Gasteiger charge is 2.08. The Labute approximate surface area is 178 Å². The number of anilines is 1. The van der Waals surface area contributed by atoms with Gasteiger partial charge in [0.15, 0.2) is 0 Å². The number of nitrogens with one attached hydrogen (secondary N) is 2. The molecule has 1 amide bonds. The van der Waals surface area contributed by atoms with Crippen molar-refractivity contribution < 1.29 is 9.59 Å². The van der Waals surface area contributed by atoms with Crippen molar-refractivity contribution in [2.45, 2.75) is 0 Å². The molecule has 0 spiro atoms. The molecule has 4 rings (SSSR count). The first kappa shape index (κ1) is 20.6. The maximum atomic E-state index is 11.9. The Kier molecular flexibility index (Phi) is 6.65. The van der Waals surface area contributed by atoms with Crippen LogP contribution in [0.1, 0.15) is 21.0 Å². The van der Waals surface area contributed by atoms with Crippen molar-refractivity contribution >= 4 is 62.5 Å². The van der Waals surface area contributed by atoms with Gasteiger partial charge < -0.3 is 5.32 Å². The number of nitrogens with zero attached hydrogens (tertiary/aromatic N) is 5. The Balaban J connectivity index is 0.000000204. The van der Waals surface area contributed by atoms with Gasteiger partial charge in [-0.2, -0.15) is 5.10 Å². The zero-order chi connectivity index (χ0) is 20.8. The average Bonchev–Trinajstić information content (AvgIpc) is 3.17. The number of hydrogen-bond donors (Lipinski definition) is 2. The summed E-state index contributed by atoms with van der Waals surface area (Å²) >= 11 is 16.1. The smallest absolute Gasteiger partial charge is 0.275 e. The molecular weight excluding hydrogens is 441 g/mol. The molecule has 2 N–H and O–H groups in total. The molecule has 29 heavy (non-hydrogen) atoms. The van der Waals surface area contributed by atoms with E-state index in [4.69, 9.17) is 34.8 Å². The summed E-state index contributed by atoms with van der Waals surface area (Å²) in [5, 5.41) is 10.3. The highest BCUT2D eigenvalue weighted by molar-refractivity contribution is 6.67. The molecule has 0 aliphatic rings. The van der Waals surface area contributed by atoms with E-state index in [-0.39, 0.29) is 27.6 Å². The minimum atomic E-state index is -0.635. The fraction of sp³-hybridized carbons (Fsp3) is 0. The molecule has 9 nitrogen and oxygen atoms in total. The number of H-pyrrole nitrogens is 1. The first-order valence-electron chi connectivity index (χ1n) is 7.82. The Morgan fingerprint density at radius 3 is 2.10 bits per heavy atom. The summed E-state index contributed by atoms with van der Waals surface area (Å²) in [5.74, 6) is -0.341. The molecule has 146 valence electrons. The van der Waals surface area contributed by atoms with Gasteiger partial charge in [0.05, 0.1) is 36.5 Å². The van der Waals surface area contributed by atoms with Gasteiger partial charge in [-0.05, 0) is 29.8 Å². The average molecular weight is 451 g/mol. The number of halogens is 3. The normalized spacial score (nSPS) is 10.2. The lowest BCUT2D eigenvalue weighted by Gasteiger charge is -2.04. The second kappa shape index (κ2) is 9.37. The summed E-state index contributed by atoms with van der Waals surface area (Å²) < 4.78 is 0. The Hall–Kier alpha value is -3.14. The number of fused-ring (bicyclic) bond motifs is 1. The molecule has 0 fully saturated rings. The number of hydrogen-bond acceptors (Lipinski definition) is 7. The minimum absolute atomic E-state index is 0.103. The zero-order valence-corrected chi connectivity index (χ0v) is 16.6. The van der Waals surface area contributed by atoms with Crippen LogP contribution in [0.4, 0.5) is 5.69 Å². The van der Waals surface area contributed by atoms with Crippen LogP contribution in [0.5, 0.6) is 0 Å². The summed E-state index contributed by atoms with van der Waals surface area (Å²) in [5.41, 5.74) is 1.88. The lowest BCUT2D eigenvalue weighted by molar-refractivity contribution is 0.102. The first-order valence-corrected chi connectivity index (χ1v) is 8.95. The topological polar surface area (TPSA) is 126 Å². The van der Waals surface area contributed by atoms with E-state index in [1.54, 1.807) is 12.3 Å². The lowest BCUT2D eigenvalue weighted by Crippen LogP contribution is -2.13. The van der Waals surface area contributed by atoms with Crippen molar-refractivity contribution in [3.05, 3.63) is 70.9 Å². The van der Waals surface area contributed by atoms with Crippen LogP contribution in [-0.2, 0) is 0 Å². The predicted molar refractivity (Wildman–Crippen MR) is 108 cm³/mol. The first-order chi connectivity index (χ1) is 13.9. The molecule has 0 aliphatic carbocycles. The summed E-state index contributed by atoms with van der Waals surface area (Å²) in [7, 11) is 0. The molecule has 3 aromatic heterocycles. The van der Waals surface area contributed by atoms with Gasteiger partial charge in [0.2, 0.25) is 0 Å². The monoisotopic (exact) mass is 449 g/mol. The largest absolute Gasteiger partial charge is 0.321 e. The molecule has 0 atom stereocenters. The molecule has 0 unspecified atom stereocenters. The van der Waals surface area contributed by atoms with Gasteiger partial charge in [0, 0.05) is 11.1 Å². The van der Waals surface area contributed by atoms with Crippen molar-refractivity contribution in [2.75, 3.05) is 5.32 Å². The molecule has 0 aliphatic heterocycles. The van der Waals surface area contributed by atoms with Crippen LogP contribution >= 0.6 is 34.8 Å². The van der Waals surface area contributed by atoms with Gasteiger partial charge in [-0.1, -0.05) is 23.2 Å². The molecule has 0 radical (unpaired) electrons. The van der Waals surface area contributed by atoms with Crippen LogP contribution < -0.4 is 5.32 Å². The summed E-state index contributed by atoms with van der Waals surface area (Å²) in [6.07, 6.45) is 6.83. The number of rotatable bonds is 3. The predicted octanol–water partition coefficient (Wildman–Crippen LogP) is 3.77. The van der Waals surface area contributed by atoms with Crippen LogP contribution in [0.3, 0.4) is 0 Å². The van der Waals surface area contributed by atoms with Crippen LogP contribution in [0.15, 0.2) is 49.2 Å². The number of aromatic amines is 1. The van der Waals surface area contributed by atoms with E-state index in [1.807, 2.05) is 12.1 Å². The molecule has 0 saturated carbocycles. The Morgan fingerprint density at radius 1 is 0.862 bits per heavy atom. The molecular formula is C17H10Cl3N7O2. The van der Waals surface area contributed by atoms with Crippen LogP contribution in [0, 0.1) is 0 Å². The van der Waals surface area contributed by atoms with Gasteiger partial charge >= 0.3 is 0 Å². The third-order valence-corrected chi connectivity index (χ3v) is 3.96. The van der Waals surface area contributed by atoms with Gasteiger partial charge in [0.25, 0.3) is 11.1 Å². The summed E-state index contributed by atoms with van der Waals surface area (Å²) in [4.78, 5) is 37.2. The fourth-order valence-electron chi connectivity index (χ4n) is 2.06. The summed E-state index contributed by atoms with van der Waals surface area (Å²) in [6.45, 7) is 0. The molecule has 4 aromatic rings. The molecule has 1 aromatic carbocycles. The number of benzene rings is 1. The van der Waals surface area contributed by atoms with Crippen LogP contribution in [-0.4, -0.2) is 41.3 Å². The second-order valence-electron chi connectivity index (χ2n) is 5.35. The van der Waals surface area contributed by atoms with E-state index in [0.29, 0.717) is 5.69 Å². The fourth-order valence-corrected chi connectivity index (χ4v) is 2.35. The van der Waals surface area contributed by atoms with E-state index < -0.39 is 5.24 Å². The minimum Gasteiger partial charge on any atom is -0.321 e. The van der Waals surface area contributed by atoms with Crippen molar-refractivity contribution in [3.63, 3.8) is 0 Å². The summed E-state index contributed by atoms with van der Waals surface area (Å²) in [6, 6.07) is 5.44. The van der Waals surface area contributed by atoms with E-state index in [9.17, 15) is 9.59 Å². The van der Waals surface area contributed by atoms with Gasteiger partial charge in [-0.25, -0.2) is 19.9 Å². The van der Waals surface area contributed by atoms with E-state index in [2.05, 4.69) is 35.5 Å². The Morgan fingerprint density at radius 2 is 1.52 bits per heavy atom. The number of carbonyl (C=O) groups excluding carboxylic acids is 2.